The first kappa shape index (κ1) is 18.9. The Bertz CT molecular complexity index is 698. The van der Waals surface area contributed by atoms with Gasteiger partial charge in [0.2, 0.25) is 10.1 Å². The second-order valence-corrected chi connectivity index (χ2v) is 6.93. The van der Waals surface area contributed by atoms with E-state index in [1.807, 2.05) is 0 Å². The first-order chi connectivity index (χ1) is 10.6. The van der Waals surface area contributed by atoms with Crippen LogP contribution in [-0.2, 0) is 0 Å². The largest absolute Gasteiger partial charge is 0.375 e. The van der Waals surface area contributed by atoms with Crippen molar-refractivity contribution in [1.82, 2.24) is 5.32 Å². The molecule has 1 aliphatic carbocycles. The van der Waals surface area contributed by atoms with Crippen LogP contribution in [0.1, 0.15) is 10.4 Å². The van der Waals surface area contributed by atoms with Crippen molar-refractivity contribution in [3.05, 3.63) is 56.7 Å². The zero-order valence-corrected chi connectivity index (χ0v) is 15.1. The summed E-state index contributed by atoms with van der Waals surface area (Å²) in [6.45, 7) is -0.191. The number of carbonyl (C=O) groups excluding carboxylic acids is 1. The van der Waals surface area contributed by atoms with Crippen LogP contribution in [0.4, 0.5) is 0 Å². The van der Waals surface area contributed by atoms with Gasteiger partial charge in [-0.2, -0.15) is 0 Å². The Morgan fingerprint density at radius 3 is 2.09 bits per heavy atom. The van der Waals surface area contributed by atoms with Crippen molar-refractivity contribution < 1.29 is 15.0 Å². The molecular weight excluding hydrogens is 407 g/mol. The molecule has 0 radical (unpaired) electrons. The Morgan fingerprint density at radius 1 is 1.00 bits per heavy atom. The predicted octanol–water partition coefficient (Wildman–Crippen LogP) is 3.47. The van der Waals surface area contributed by atoms with Gasteiger partial charge in [-0.3, -0.25) is 4.79 Å². The number of allylic oxidation sites excluding steroid dienone is 1. The lowest BCUT2D eigenvalue weighted by atomic mass is 10.0. The molecule has 1 aliphatic rings. The Kier molecular flexibility index (Phi) is 5.58. The summed E-state index contributed by atoms with van der Waals surface area (Å²) in [4.78, 5) is 12.1. The molecule has 2 rings (SSSR count). The number of alkyl halides is 2. The molecule has 1 aromatic rings. The van der Waals surface area contributed by atoms with Crippen LogP contribution in [0.25, 0.3) is 0 Å². The number of Topliss-reactive ketones (excluding diaryl/α,β-unsaturated/α-hetero) is 1. The smallest absolute Gasteiger partial charge is 0.225 e. The van der Waals surface area contributed by atoms with Gasteiger partial charge in [0, 0.05) is 5.56 Å². The first-order valence-electron chi connectivity index (χ1n) is 6.21. The maximum Gasteiger partial charge on any atom is 0.225 e. The van der Waals surface area contributed by atoms with Crippen molar-refractivity contribution in [2.24, 2.45) is 0 Å². The van der Waals surface area contributed by atoms with Crippen LogP contribution in [0, 0.1) is 0 Å². The third-order valence-corrected chi connectivity index (χ3v) is 5.79. The molecule has 0 saturated carbocycles. The molecule has 0 heterocycles. The fourth-order valence-corrected chi connectivity index (χ4v) is 3.26. The van der Waals surface area contributed by atoms with Crippen molar-refractivity contribution in [2.45, 2.75) is 10.1 Å². The molecule has 0 amide bonds. The lowest BCUT2D eigenvalue weighted by Gasteiger charge is -2.38. The second-order valence-electron chi connectivity index (χ2n) is 4.70. The van der Waals surface area contributed by atoms with Gasteiger partial charge < -0.3 is 15.5 Å². The summed E-state index contributed by atoms with van der Waals surface area (Å²) in [7, 11) is 0. The standard InChI is InChI=1S/C14H10Cl5NO3/c15-9-10(12(17)14(19,23)13(18,22)11(9)16)20-6-8(21)7-4-2-1-3-5-7/h1-5,20,22-23H,6H2. The number of hydrogen-bond donors (Lipinski definition) is 3. The minimum Gasteiger partial charge on any atom is -0.375 e. The van der Waals surface area contributed by atoms with Crippen LogP contribution in [0.3, 0.4) is 0 Å². The Hall–Kier alpha value is -0.460. The molecule has 3 N–H and O–H groups in total. The Morgan fingerprint density at radius 2 is 1.52 bits per heavy atom. The molecule has 0 fully saturated rings. The van der Waals surface area contributed by atoms with E-state index >= 15 is 0 Å². The highest BCUT2D eigenvalue weighted by Crippen LogP contribution is 2.52. The summed E-state index contributed by atoms with van der Waals surface area (Å²) in [6.07, 6.45) is 0. The van der Waals surface area contributed by atoms with Crippen molar-refractivity contribution in [2.75, 3.05) is 6.54 Å². The highest BCUT2D eigenvalue weighted by Gasteiger charge is 2.57. The van der Waals surface area contributed by atoms with Crippen LogP contribution in [0.2, 0.25) is 0 Å². The summed E-state index contributed by atoms with van der Waals surface area (Å²) >= 11 is 29.3. The third-order valence-electron chi connectivity index (χ3n) is 3.17. The summed E-state index contributed by atoms with van der Waals surface area (Å²) in [6, 6.07) is 8.49. The van der Waals surface area contributed by atoms with Crippen LogP contribution < -0.4 is 5.32 Å². The van der Waals surface area contributed by atoms with Crippen molar-refractivity contribution in [3.8, 4) is 0 Å². The number of benzene rings is 1. The van der Waals surface area contributed by atoms with E-state index in [0.717, 1.165) is 0 Å². The van der Waals surface area contributed by atoms with Crippen molar-refractivity contribution in [3.63, 3.8) is 0 Å². The fraction of sp³-hybridized carbons (Fsp3) is 0.214. The van der Waals surface area contributed by atoms with Crippen LogP contribution in [0.5, 0.6) is 0 Å². The third kappa shape index (κ3) is 3.35. The van der Waals surface area contributed by atoms with Gasteiger partial charge in [-0.25, -0.2) is 0 Å². The minimum atomic E-state index is -2.61. The van der Waals surface area contributed by atoms with Crippen molar-refractivity contribution >= 4 is 63.8 Å². The van der Waals surface area contributed by atoms with Gasteiger partial charge in [0.1, 0.15) is 0 Å². The number of ketones is 1. The number of nitrogens with one attached hydrogen (secondary N) is 1. The maximum atomic E-state index is 12.1. The molecule has 2 atom stereocenters. The molecule has 2 unspecified atom stereocenters. The number of rotatable bonds is 4. The topological polar surface area (TPSA) is 69.6 Å². The molecule has 4 nitrogen and oxygen atoms in total. The highest BCUT2D eigenvalue weighted by atomic mass is 35.5. The zero-order chi connectivity index (χ0) is 17.4. The minimum absolute atomic E-state index is 0.0922. The van der Waals surface area contributed by atoms with E-state index < -0.39 is 20.2 Å². The molecule has 0 bridgehead atoms. The number of halogens is 5. The van der Waals surface area contributed by atoms with Crippen LogP contribution in [-0.4, -0.2) is 32.7 Å². The quantitative estimate of drug-likeness (QED) is 0.518. The number of hydrogen-bond acceptors (Lipinski definition) is 4. The predicted molar refractivity (Wildman–Crippen MR) is 92.0 cm³/mol. The summed E-state index contributed by atoms with van der Waals surface area (Å²) in [5, 5.41) is 16.3. The molecule has 124 valence electrons. The Labute approximate surface area is 157 Å². The summed E-state index contributed by atoms with van der Waals surface area (Å²) < 4.78 is 0. The number of carbonyl (C=O) groups is 1. The van der Waals surface area contributed by atoms with Gasteiger partial charge in [-0.05, 0) is 0 Å². The van der Waals surface area contributed by atoms with E-state index in [9.17, 15) is 15.0 Å². The van der Waals surface area contributed by atoms with E-state index in [1.165, 1.54) is 0 Å². The zero-order valence-electron chi connectivity index (χ0n) is 11.3. The van der Waals surface area contributed by atoms with Crippen LogP contribution >= 0.6 is 58.0 Å². The lowest BCUT2D eigenvalue weighted by molar-refractivity contribution is 0.00998. The Balaban J connectivity index is 2.27. The molecule has 0 aliphatic heterocycles. The van der Waals surface area contributed by atoms with E-state index in [-0.39, 0.29) is 23.1 Å². The van der Waals surface area contributed by atoms with Gasteiger partial charge in [0.05, 0.1) is 27.3 Å². The van der Waals surface area contributed by atoms with E-state index in [4.69, 9.17) is 58.0 Å². The first-order valence-corrected chi connectivity index (χ1v) is 8.10. The van der Waals surface area contributed by atoms with Gasteiger partial charge in [0.25, 0.3) is 0 Å². The number of aliphatic hydroxyl groups is 2. The molecule has 23 heavy (non-hydrogen) atoms. The van der Waals surface area contributed by atoms with E-state index in [1.54, 1.807) is 30.3 Å². The summed E-state index contributed by atoms with van der Waals surface area (Å²) in [5.41, 5.74) is 0.374. The summed E-state index contributed by atoms with van der Waals surface area (Å²) in [5.74, 6) is -0.257. The van der Waals surface area contributed by atoms with Crippen molar-refractivity contribution in [1.29, 1.82) is 0 Å². The van der Waals surface area contributed by atoms with Gasteiger partial charge in [0.15, 0.2) is 5.78 Å². The molecular formula is C14H10Cl5NO3. The second kappa shape index (κ2) is 6.81. The molecule has 0 saturated heterocycles. The van der Waals surface area contributed by atoms with E-state index in [0.29, 0.717) is 5.56 Å². The normalized spacial score (nSPS) is 28.1. The van der Waals surface area contributed by atoms with Gasteiger partial charge in [-0.1, -0.05) is 88.3 Å². The van der Waals surface area contributed by atoms with Crippen LogP contribution in [0.15, 0.2) is 51.1 Å². The van der Waals surface area contributed by atoms with E-state index in [2.05, 4.69) is 5.32 Å². The fourth-order valence-electron chi connectivity index (χ4n) is 1.86. The SMILES string of the molecule is O=C(CNC1=C(Cl)C(O)(Cl)C(O)(Cl)C(Cl)=C1Cl)c1ccccc1. The van der Waals surface area contributed by atoms with Gasteiger partial charge >= 0.3 is 0 Å². The average Bonchev–Trinajstić information content (AvgIpc) is 2.53. The molecule has 0 aromatic heterocycles. The highest BCUT2D eigenvalue weighted by molar-refractivity contribution is 6.52. The van der Waals surface area contributed by atoms with Gasteiger partial charge in [-0.15, -0.1) is 0 Å². The maximum absolute atomic E-state index is 12.1. The molecule has 1 aromatic carbocycles. The average molecular weight is 418 g/mol. The monoisotopic (exact) mass is 415 g/mol. The molecule has 9 heteroatoms. The molecule has 0 spiro atoms. The lowest BCUT2D eigenvalue weighted by Crippen LogP contribution is -2.50.